The average Bonchev–Trinajstić information content (AvgIpc) is 2.35. The normalized spacial score (nSPS) is 19.8. The molecule has 5 heteroatoms. The third kappa shape index (κ3) is 2.11. The molecule has 0 radical (unpaired) electrons. The quantitative estimate of drug-likeness (QED) is 0.791. The predicted molar refractivity (Wildman–Crippen MR) is 64.7 cm³/mol. The second-order valence-electron chi connectivity index (χ2n) is 4.27. The van der Waals surface area contributed by atoms with Gasteiger partial charge in [0.15, 0.2) is 0 Å². The molecule has 86 valence electrons. The summed E-state index contributed by atoms with van der Waals surface area (Å²) in [5.74, 6) is 0.941. The van der Waals surface area contributed by atoms with Crippen LogP contribution in [0.1, 0.15) is 13.8 Å². The number of nitrogens with zero attached hydrogens (tertiary/aromatic N) is 1. The zero-order valence-corrected chi connectivity index (χ0v) is 10.0. The van der Waals surface area contributed by atoms with Crippen LogP contribution in [0.3, 0.4) is 0 Å². The fraction of sp³-hybridized carbons (Fsp3) is 0.455. The topological polar surface area (TPSA) is 54.0 Å². The maximum Gasteiger partial charge on any atom is 0.229 e. The lowest BCUT2D eigenvalue weighted by Crippen LogP contribution is -2.29. The molecule has 1 aliphatic rings. The Morgan fingerprint density at radius 1 is 1.56 bits per heavy atom. The molecule has 2 heterocycles. The van der Waals surface area contributed by atoms with Crippen LogP contribution in [0.15, 0.2) is 12.3 Å². The van der Waals surface area contributed by atoms with Gasteiger partial charge in [-0.3, -0.25) is 4.79 Å². The van der Waals surface area contributed by atoms with E-state index in [1.807, 2.05) is 13.8 Å². The molecular formula is C11H14ClN3O. The zero-order chi connectivity index (χ0) is 11.7. The molecule has 0 aromatic carbocycles. The molecule has 1 atom stereocenters. The molecule has 2 rings (SSSR count). The third-order valence-corrected chi connectivity index (χ3v) is 2.95. The maximum atomic E-state index is 11.9. The van der Waals surface area contributed by atoms with Crippen molar-refractivity contribution >= 4 is 29.0 Å². The van der Waals surface area contributed by atoms with Gasteiger partial charge in [0, 0.05) is 12.7 Å². The molecule has 16 heavy (non-hydrogen) atoms. The van der Waals surface area contributed by atoms with Crippen LogP contribution in [0, 0.1) is 11.8 Å². The molecule has 0 bridgehead atoms. The summed E-state index contributed by atoms with van der Waals surface area (Å²) in [7, 11) is 0. The third-order valence-electron chi connectivity index (χ3n) is 2.74. The number of hydrogen-bond acceptors (Lipinski definition) is 3. The van der Waals surface area contributed by atoms with Gasteiger partial charge in [0.05, 0.1) is 16.6 Å². The van der Waals surface area contributed by atoms with Crippen molar-refractivity contribution in [1.82, 2.24) is 4.98 Å². The van der Waals surface area contributed by atoms with Gasteiger partial charge in [0.25, 0.3) is 0 Å². The molecule has 0 saturated heterocycles. The molecule has 2 N–H and O–H groups in total. The lowest BCUT2D eigenvalue weighted by molar-refractivity contribution is -0.120. The van der Waals surface area contributed by atoms with Crippen molar-refractivity contribution in [2.45, 2.75) is 13.8 Å². The van der Waals surface area contributed by atoms with E-state index >= 15 is 0 Å². The molecular weight excluding hydrogens is 226 g/mol. The van der Waals surface area contributed by atoms with E-state index in [2.05, 4.69) is 15.6 Å². The summed E-state index contributed by atoms with van der Waals surface area (Å²) in [6.45, 7) is 4.66. The minimum Gasteiger partial charge on any atom is -0.368 e. The first kappa shape index (κ1) is 11.2. The van der Waals surface area contributed by atoms with Crippen LogP contribution >= 0.6 is 11.6 Å². The van der Waals surface area contributed by atoms with Crippen molar-refractivity contribution in [1.29, 1.82) is 0 Å². The molecule has 0 aliphatic carbocycles. The Balaban J connectivity index is 2.30. The molecule has 1 amide bonds. The highest BCUT2D eigenvalue weighted by Crippen LogP contribution is 2.27. The molecule has 1 aromatic rings. The Hall–Kier alpha value is -1.29. The maximum absolute atomic E-state index is 11.9. The number of halogens is 1. The van der Waals surface area contributed by atoms with Gasteiger partial charge in [-0.25, -0.2) is 4.98 Å². The largest absolute Gasteiger partial charge is 0.368 e. The molecule has 4 nitrogen and oxygen atoms in total. The number of aromatic nitrogens is 1. The van der Waals surface area contributed by atoms with Gasteiger partial charge < -0.3 is 10.6 Å². The summed E-state index contributed by atoms with van der Waals surface area (Å²) in [5, 5.41) is 6.52. The highest BCUT2D eigenvalue weighted by atomic mass is 35.5. The van der Waals surface area contributed by atoms with E-state index in [-0.39, 0.29) is 17.7 Å². The van der Waals surface area contributed by atoms with Gasteiger partial charge in [-0.05, 0) is 12.0 Å². The monoisotopic (exact) mass is 239 g/mol. The number of anilines is 2. The van der Waals surface area contributed by atoms with Crippen LogP contribution in [0.25, 0.3) is 0 Å². The van der Waals surface area contributed by atoms with Crippen LogP contribution in [-0.2, 0) is 4.79 Å². The standard InChI is InChI=1S/C11H14ClN3O/c1-6(2)8-5-14-10-9(15-11(8)16)3-7(12)4-13-10/h3-4,6,8H,5H2,1-2H3,(H,13,14)(H,15,16). The van der Waals surface area contributed by atoms with E-state index in [4.69, 9.17) is 11.6 Å². The van der Waals surface area contributed by atoms with Crippen LogP contribution < -0.4 is 10.6 Å². The number of carbonyl (C=O) groups excluding carboxylic acids is 1. The van der Waals surface area contributed by atoms with E-state index in [1.165, 1.54) is 0 Å². The number of fused-ring (bicyclic) bond motifs is 1. The van der Waals surface area contributed by atoms with Crippen molar-refractivity contribution in [2.24, 2.45) is 11.8 Å². The lowest BCUT2D eigenvalue weighted by atomic mass is 9.95. The number of hydrogen-bond donors (Lipinski definition) is 2. The summed E-state index contributed by atoms with van der Waals surface area (Å²) in [6, 6.07) is 1.71. The fourth-order valence-corrected chi connectivity index (χ4v) is 1.90. The minimum atomic E-state index is -0.0482. The SMILES string of the molecule is CC(C)C1CNc2ncc(Cl)cc2NC1=O. The Bertz CT molecular complexity index is 420. The van der Waals surface area contributed by atoms with E-state index in [1.54, 1.807) is 12.3 Å². The Morgan fingerprint density at radius 3 is 3.00 bits per heavy atom. The Morgan fingerprint density at radius 2 is 2.31 bits per heavy atom. The van der Waals surface area contributed by atoms with E-state index in [9.17, 15) is 4.79 Å². The van der Waals surface area contributed by atoms with Crippen molar-refractivity contribution in [2.75, 3.05) is 17.2 Å². The highest BCUT2D eigenvalue weighted by molar-refractivity contribution is 6.30. The van der Waals surface area contributed by atoms with Gasteiger partial charge >= 0.3 is 0 Å². The number of pyridine rings is 1. The summed E-state index contributed by atoms with van der Waals surface area (Å²) < 4.78 is 0. The number of nitrogens with one attached hydrogen (secondary N) is 2. The summed E-state index contributed by atoms with van der Waals surface area (Å²) in [6.07, 6.45) is 1.56. The van der Waals surface area contributed by atoms with Crippen LogP contribution in [0.2, 0.25) is 5.02 Å². The molecule has 1 aromatic heterocycles. The van der Waals surface area contributed by atoms with Crippen molar-refractivity contribution < 1.29 is 4.79 Å². The molecule has 1 unspecified atom stereocenters. The molecule has 0 fully saturated rings. The van der Waals surface area contributed by atoms with Gasteiger partial charge in [-0.2, -0.15) is 0 Å². The summed E-state index contributed by atoms with van der Waals surface area (Å²) in [5.41, 5.74) is 0.653. The number of amides is 1. The van der Waals surface area contributed by atoms with E-state index in [0.717, 1.165) is 0 Å². The Labute approximate surface area is 99.4 Å². The smallest absolute Gasteiger partial charge is 0.229 e. The summed E-state index contributed by atoms with van der Waals surface area (Å²) in [4.78, 5) is 16.1. The van der Waals surface area contributed by atoms with Crippen molar-refractivity contribution in [3.63, 3.8) is 0 Å². The molecule has 0 spiro atoms. The first-order chi connectivity index (χ1) is 7.58. The molecule has 1 aliphatic heterocycles. The first-order valence-electron chi connectivity index (χ1n) is 5.28. The summed E-state index contributed by atoms with van der Waals surface area (Å²) >= 11 is 5.84. The number of rotatable bonds is 1. The number of carbonyl (C=O) groups is 1. The van der Waals surface area contributed by atoms with Gasteiger partial charge in [0.1, 0.15) is 5.82 Å². The minimum absolute atomic E-state index is 0.0188. The van der Waals surface area contributed by atoms with Crippen LogP contribution in [0.5, 0.6) is 0 Å². The van der Waals surface area contributed by atoms with Crippen molar-refractivity contribution in [3.8, 4) is 0 Å². The van der Waals surface area contributed by atoms with Crippen molar-refractivity contribution in [3.05, 3.63) is 17.3 Å². The van der Waals surface area contributed by atoms with Gasteiger partial charge in [0.2, 0.25) is 5.91 Å². The second kappa shape index (κ2) is 4.29. The van der Waals surface area contributed by atoms with Gasteiger partial charge in [-0.15, -0.1) is 0 Å². The van der Waals surface area contributed by atoms with Crippen LogP contribution in [0.4, 0.5) is 11.5 Å². The Kier molecular flexibility index (Phi) is 3.01. The average molecular weight is 240 g/mol. The molecule has 0 saturated carbocycles. The lowest BCUT2D eigenvalue weighted by Gasteiger charge is -2.16. The zero-order valence-electron chi connectivity index (χ0n) is 9.25. The highest BCUT2D eigenvalue weighted by Gasteiger charge is 2.26. The van der Waals surface area contributed by atoms with E-state index < -0.39 is 0 Å². The predicted octanol–water partition coefficient (Wildman–Crippen LogP) is 2.37. The van der Waals surface area contributed by atoms with E-state index in [0.29, 0.717) is 23.1 Å². The van der Waals surface area contributed by atoms with Gasteiger partial charge in [-0.1, -0.05) is 25.4 Å². The van der Waals surface area contributed by atoms with Crippen LogP contribution in [-0.4, -0.2) is 17.4 Å². The first-order valence-corrected chi connectivity index (χ1v) is 5.66. The second-order valence-corrected chi connectivity index (χ2v) is 4.71. The fourth-order valence-electron chi connectivity index (χ4n) is 1.74.